The summed E-state index contributed by atoms with van der Waals surface area (Å²) in [6.45, 7) is 4.73. The van der Waals surface area contributed by atoms with Crippen molar-refractivity contribution in [1.82, 2.24) is 10.5 Å². The summed E-state index contributed by atoms with van der Waals surface area (Å²) in [7, 11) is 0. The standard InChI is InChI=1S/C24H22N2O2/c1-16-8-10-19(11-9-16)23-21-14-20(12-13-22(21)26-28-23)24(27)25-15-17(2)18-6-4-3-5-7-18/h3-14,17H,15H2,1-2H3,(H,25,27). The maximum Gasteiger partial charge on any atom is 0.251 e. The molecule has 1 N–H and O–H groups in total. The molecule has 0 radical (unpaired) electrons. The van der Waals surface area contributed by atoms with Gasteiger partial charge in [-0.2, -0.15) is 0 Å². The Morgan fingerprint density at radius 2 is 1.79 bits per heavy atom. The molecule has 0 bridgehead atoms. The molecule has 0 spiro atoms. The Hall–Kier alpha value is -3.40. The second kappa shape index (κ2) is 7.69. The Labute approximate surface area is 164 Å². The van der Waals surface area contributed by atoms with Gasteiger partial charge in [-0.15, -0.1) is 0 Å². The summed E-state index contributed by atoms with van der Waals surface area (Å²) >= 11 is 0. The molecule has 1 aromatic heterocycles. The van der Waals surface area contributed by atoms with Crippen LogP contribution in [0.5, 0.6) is 0 Å². The van der Waals surface area contributed by atoms with Crippen molar-refractivity contribution >= 4 is 16.8 Å². The van der Waals surface area contributed by atoms with Crippen LogP contribution < -0.4 is 5.32 Å². The number of hydrogen-bond acceptors (Lipinski definition) is 3. The average molecular weight is 370 g/mol. The lowest BCUT2D eigenvalue weighted by atomic mass is 10.0. The number of aromatic nitrogens is 1. The number of benzene rings is 3. The maximum atomic E-state index is 12.7. The molecule has 1 atom stereocenters. The summed E-state index contributed by atoms with van der Waals surface area (Å²) in [5, 5.41) is 8.00. The van der Waals surface area contributed by atoms with Crippen molar-refractivity contribution in [2.45, 2.75) is 19.8 Å². The summed E-state index contributed by atoms with van der Waals surface area (Å²) in [6.07, 6.45) is 0. The molecular formula is C24H22N2O2. The van der Waals surface area contributed by atoms with Crippen LogP contribution >= 0.6 is 0 Å². The largest absolute Gasteiger partial charge is 0.355 e. The van der Waals surface area contributed by atoms with Crippen molar-refractivity contribution in [3.8, 4) is 11.3 Å². The first-order valence-electron chi connectivity index (χ1n) is 9.41. The normalized spacial score (nSPS) is 12.1. The lowest BCUT2D eigenvalue weighted by Crippen LogP contribution is -2.27. The molecule has 0 saturated carbocycles. The van der Waals surface area contributed by atoms with Crippen LogP contribution in [0.4, 0.5) is 0 Å². The second-order valence-corrected chi connectivity index (χ2v) is 7.13. The number of carbonyl (C=O) groups is 1. The van der Waals surface area contributed by atoms with E-state index in [0.717, 1.165) is 16.5 Å². The molecule has 1 unspecified atom stereocenters. The lowest BCUT2D eigenvalue weighted by Gasteiger charge is -2.13. The fourth-order valence-corrected chi connectivity index (χ4v) is 3.24. The summed E-state index contributed by atoms with van der Waals surface area (Å²) in [4.78, 5) is 12.7. The predicted octanol–water partition coefficient (Wildman–Crippen LogP) is 5.34. The first-order valence-corrected chi connectivity index (χ1v) is 9.41. The molecule has 0 saturated heterocycles. The smallest absolute Gasteiger partial charge is 0.251 e. The topological polar surface area (TPSA) is 55.1 Å². The van der Waals surface area contributed by atoms with Crippen LogP contribution in [0.25, 0.3) is 22.2 Å². The van der Waals surface area contributed by atoms with Gasteiger partial charge in [-0.05, 0) is 36.6 Å². The SMILES string of the molecule is Cc1ccc(-c2onc3ccc(C(=O)NCC(C)c4ccccc4)cc23)cc1. The Bertz CT molecular complexity index is 1100. The van der Waals surface area contributed by atoms with Crippen LogP contribution in [0, 0.1) is 6.92 Å². The van der Waals surface area contributed by atoms with Crippen molar-refractivity contribution in [3.05, 3.63) is 89.5 Å². The highest BCUT2D eigenvalue weighted by molar-refractivity contribution is 6.01. The number of amides is 1. The van der Waals surface area contributed by atoms with Crippen LogP contribution in [0.3, 0.4) is 0 Å². The Balaban J connectivity index is 1.54. The fourth-order valence-electron chi connectivity index (χ4n) is 3.24. The van der Waals surface area contributed by atoms with E-state index in [9.17, 15) is 4.79 Å². The van der Waals surface area contributed by atoms with Gasteiger partial charge in [0.2, 0.25) is 0 Å². The highest BCUT2D eigenvalue weighted by Gasteiger charge is 2.15. The van der Waals surface area contributed by atoms with Gasteiger partial charge in [0.05, 0.1) is 5.39 Å². The van der Waals surface area contributed by atoms with Gasteiger partial charge < -0.3 is 9.84 Å². The molecule has 0 fully saturated rings. The Kier molecular flexibility index (Phi) is 4.94. The summed E-state index contributed by atoms with van der Waals surface area (Å²) in [5.41, 5.74) is 4.68. The molecule has 28 heavy (non-hydrogen) atoms. The molecule has 3 aromatic carbocycles. The molecule has 4 heteroatoms. The van der Waals surface area contributed by atoms with Gasteiger partial charge in [-0.3, -0.25) is 4.79 Å². The third-order valence-electron chi connectivity index (χ3n) is 4.99. The first-order chi connectivity index (χ1) is 13.6. The van der Waals surface area contributed by atoms with Gasteiger partial charge in [-0.1, -0.05) is 72.2 Å². The van der Waals surface area contributed by atoms with E-state index in [-0.39, 0.29) is 11.8 Å². The fraction of sp³-hybridized carbons (Fsp3) is 0.167. The van der Waals surface area contributed by atoms with Crippen LogP contribution in [-0.4, -0.2) is 17.6 Å². The summed E-state index contributed by atoms with van der Waals surface area (Å²) < 4.78 is 5.55. The quantitative estimate of drug-likeness (QED) is 0.516. The van der Waals surface area contributed by atoms with Crippen molar-refractivity contribution < 1.29 is 9.32 Å². The highest BCUT2D eigenvalue weighted by atomic mass is 16.5. The molecule has 1 heterocycles. The van der Waals surface area contributed by atoms with Gasteiger partial charge in [0.25, 0.3) is 5.91 Å². The van der Waals surface area contributed by atoms with E-state index < -0.39 is 0 Å². The molecule has 0 aliphatic rings. The molecule has 1 amide bonds. The zero-order valence-corrected chi connectivity index (χ0v) is 16.0. The van der Waals surface area contributed by atoms with Gasteiger partial charge in [0.1, 0.15) is 5.52 Å². The van der Waals surface area contributed by atoms with Crippen molar-refractivity contribution in [1.29, 1.82) is 0 Å². The third kappa shape index (κ3) is 3.67. The summed E-state index contributed by atoms with van der Waals surface area (Å²) in [6, 6.07) is 23.7. The van der Waals surface area contributed by atoms with Gasteiger partial charge in [0.15, 0.2) is 5.76 Å². The first kappa shape index (κ1) is 18.0. The summed E-state index contributed by atoms with van der Waals surface area (Å²) in [5.74, 6) is 0.829. The zero-order valence-electron chi connectivity index (χ0n) is 16.0. The molecule has 4 aromatic rings. The Morgan fingerprint density at radius 1 is 1.04 bits per heavy atom. The van der Waals surface area contributed by atoms with Crippen molar-refractivity contribution in [2.75, 3.05) is 6.54 Å². The molecule has 140 valence electrons. The average Bonchev–Trinajstić information content (AvgIpc) is 3.16. The van der Waals surface area contributed by atoms with Gasteiger partial charge >= 0.3 is 0 Å². The van der Waals surface area contributed by atoms with Gasteiger partial charge in [-0.25, -0.2) is 0 Å². The number of rotatable bonds is 5. The number of nitrogens with zero attached hydrogens (tertiary/aromatic N) is 1. The Morgan fingerprint density at radius 3 is 2.54 bits per heavy atom. The minimum atomic E-state index is -0.0965. The van der Waals surface area contributed by atoms with Crippen LogP contribution in [0.1, 0.15) is 34.3 Å². The number of carbonyl (C=O) groups excluding carboxylic acids is 1. The number of hydrogen-bond donors (Lipinski definition) is 1. The highest BCUT2D eigenvalue weighted by Crippen LogP contribution is 2.29. The molecule has 4 rings (SSSR count). The predicted molar refractivity (Wildman–Crippen MR) is 111 cm³/mol. The van der Waals surface area contributed by atoms with E-state index in [4.69, 9.17) is 4.52 Å². The second-order valence-electron chi connectivity index (χ2n) is 7.13. The lowest BCUT2D eigenvalue weighted by molar-refractivity contribution is 0.0952. The number of aryl methyl sites for hydroxylation is 1. The molecule has 4 nitrogen and oxygen atoms in total. The van der Waals surface area contributed by atoms with E-state index >= 15 is 0 Å². The van der Waals surface area contributed by atoms with E-state index in [1.165, 1.54) is 11.1 Å². The number of nitrogens with one attached hydrogen (secondary N) is 1. The van der Waals surface area contributed by atoms with E-state index in [1.807, 2.05) is 61.5 Å². The molecule has 0 aliphatic heterocycles. The van der Waals surface area contributed by atoms with Crippen molar-refractivity contribution in [2.24, 2.45) is 0 Å². The molecule has 0 aliphatic carbocycles. The maximum absolute atomic E-state index is 12.7. The van der Waals surface area contributed by atoms with E-state index in [2.05, 4.69) is 29.5 Å². The molecular weight excluding hydrogens is 348 g/mol. The minimum Gasteiger partial charge on any atom is -0.355 e. The third-order valence-corrected chi connectivity index (χ3v) is 4.99. The van der Waals surface area contributed by atoms with E-state index in [0.29, 0.717) is 17.9 Å². The number of fused-ring (bicyclic) bond motifs is 1. The van der Waals surface area contributed by atoms with Crippen LogP contribution in [0.15, 0.2) is 77.3 Å². The van der Waals surface area contributed by atoms with Crippen molar-refractivity contribution in [3.63, 3.8) is 0 Å². The monoisotopic (exact) mass is 370 g/mol. The van der Waals surface area contributed by atoms with Gasteiger partial charge in [0, 0.05) is 17.7 Å². The van der Waals surface area contributed by atoms with Crippen LogP contribution in [-0.2, 0) is 0 Å². The van der Waals surface area contributed by atoms with E-state index in [1.54, 1.807) is 6.07 Å². The zero-order chi connectivity index (χ0) is 19.5. The van der Waals surface area contributed by atoms with Crippen LogP contribution in [0.2, 0.25) is 0 Å². The minimum absolute atomic E-state index is 0.0965.